The van der Waals surface area contributed by atoms with E-state index in [1.165, 1.54) is 7.05 Å². The van der Waals surface area contributed by atoms with Crippen molar-refractivity contribution >= 4 is 17.7 Å². The maximum Gasteiger partial charge on any atom is 0.433 e. The van der Waals surface area contributed by atoms with Crippen molar-refractivity contribution in [3.05, 3.63) is 58.4 Å². The van der Waals surface area contributed by atoms with Gasteiger partial charge in [-0.15, -0.1) is 5.10 Å². The number of halogens is 9. The topological polar surface area (TPSA) is 89.3 Å². The lowest BCUT2D eigenvalue weighted by atomic mass is 9.91. The van der Waals surface area contributed by atoms with Gasteiger partial charge in [0, 0.05) is 12.6 Å². The maximum atomic E-state index is 13.7. The number of alkyl halides is 9. The molecule has 3 aromatic rings. The van der Waals surface area contributed by atoms with Gasteiger partial charge in [0.05, 0.1) is 42.7 Å². The van der Waals surface area contributed by atoms with Crippen molar-refractivity contribution in [2.45, 2.75) is 56.9 Å². The zero-order valence-electron chi connectivity index (χ0n) is 22.0. The molecule has 4 rings (SSSR count). The number of ether oxygens (including phenoxy) is 1. The third-order valence-electron chi connectivity index (χ3n) is 6.60. The molecule has 0 radical (unpaired) electrons. The molecule has 2 atom stereocenters. The van der Waals surface area contributed by atoms with Crippen LogP contribution < -0.4 is 9.80 Å². The molecule has 0 fully saturated rings. The summed E-state index contributed by atoms with van der Waals surface area (Å²) in [5.41, 5.74) is -5.41. The first kappa shape index (κ1) is 30.8. The lowest BCUT2D eigenvalue weighted by molar-refractivity contribution is -0.143. The Morgan fingerprint density at radius 1 is 1.00 bits per heavy atom. The number of pyridine rings is 1. The molecule has 2 aromatic heterocycles. The third-order valence-corrected chi connectivity index (χ3v) is 6.60. The number of benzene rings is 1. The van der Waals surface area contributed by atoms with Crippen molar-refractivity contribution in [2.75, 3.05) is 16.9 Å². The van der Waals surface area contributed by atoms with E-state index in [1.54, 1.807) is 6.92 Å². The fourth-order valence-electron chi connectivity index (χ4n) is 4.73. The van der Waals surface area contributed by atoms with E-state index < -0.39 is 65.6 Å². The van der Waals surface area contributed by atoms with Crippen molar-refractivity contribution in [2.24, 2.45) is 7.05 Å². The van der Waals surface area contributed by atoms with Crippen LogP contribution >= 0.6 is 0 Å². The number of aryl methyl sites for hydroxylation is 1. The molecule has 1 amide bonds. The van der Waals surface area contributed by atoms with Crippen LogP contribution in [0.15, 0.2) is 30.3 Å². The second kappa shape index (κ2) is 10.9. The summed E-state index contributed by atoms with van der Waals surface area (Å²) in [6, 6.07) is 0.645. The highest BCUT2D eigenvalue weighted by Crippen LogP contribution is 2.44. The van der Waals surface area contributed by atoms with Crippen LogP contribution in [0.4, 0.5) is 55.9 Å². The number of hydrogen-bond acceptors (Lipinski definition) is 7. The van der Waals surface area contributed by atoms with Crippen LogP contribution in [0.1, 0.15) is 53.9 Å². The molecule has 0 saturated heterocycles. The molecule has 3 heterocycles. The molecular formula is C24H22F9N7O2. The Kier molecular flexibility index (Phi) is 8.03. The van der Waals surface area contributed by atoms with Gasteiger partial charge in [-0.05, 0) is 54.0 Å². The average molecular weight is 611 g/mol. The molecule has 1 aliphatic heterocycles. The number of methoxy groups -OCH3 is 1. The van der Waals surface area contributed by atoms with Gasteiger partial charge < -0.3 is 9.64 Å². The Labute approximate surface area is 231 Å². The Morgan fingerprint density at radius 2 is 1.62 bits per heavy atom. The van der Waals surface area contributed by atoms with E-state index >= 15 is 0 Å². The smallest absolute Gasteiger partial charge is 0.433 e. The summed E-state index contributed by atoms with van der Waals surface area (Å²) in [6.07, 6.45) is -16.0. The summed E-state index contributed by atoms with van der Waals surface area (Å²) in [5.74, 6) is -0.306. The number of carbonyl (C=O) groups excluding carboxylic acids is 1. The highest BCUT2D eigenvalue weighted by molar-refractivity contribution is 5.90. The van der Waals surface area contributed by atoms with Crippen LogP contribution in [-0.2, 0) is 36.9 Å². The van der Waals surface area contributed by atoms with E-state index in [9.17, 15) is 44.3 Å². The molecule has 9 nitrogen and oxygen atoms in total. The third kappa shape index (κ3) is 6.20. The summed E-state index contributed by atoms with van der Waals surface area (Å²) in [5, 5.41) is 11.5. The number of aromatic nitrogens is 5. The van der Waals surface area contributed by atoms with Crippen LogP contribution in [0.3, 0.4) is 0 Å². The second-order valence-corrected chi connectivity index (χ2v) is 9.37. The van der Waals surface area contributed by atoms with Crippen molar-refractivity contribution in [3.63, 3.8) is 0 Å². The van der Waals surface area contributed by atoms with E-state index in [-0.39, 0.29) is 36.2 Å². The molecule has 0 spiro atoms. The van der Waals surface area contributed by atoms with Crippen molar-refractivity contribution in [1.82, 2.24) is 25.2 Å². The maximum absolute atomic E-state index is 13.7. The average Bonchev–Trinajstić information content (AvgIpc) is 3.34. The first-order valence-electron chi connectivity index (χ1n) is 12.2. The first-order chi connectivity index (χ1) is 19.4. The monoisotopic (exact) mass is 611 g/mol. The van der Waals surface area contributed by atoms with Crippen LogP contribution in [-0.4, -0.2) is 44.4 Å². The minimum atomic E-state index is -5.14. The fraction of sp³-hybridized carbons (Fsp3) is 0.458. The Hall–Kier alpha value is -4.12. The molecule has 0 unspecified atom stereocenters. The first-order valence-corrected chi connectivity index (χ1v) is 12.2. The zero-order valence-corrected chi connectivity index (χ0v) is 22.0. The molecule has 0 aliphatic carbocycles. The minimum absolute atomic E-state index is 0.0389. The van der Waals surface area contributed by atoms with E-state index in [0.29, 0.717) is 18.2 Å². The van der Waals surface area contributed by atoms with Crippen LogP contribution in [0.5, 0.6) is 0 Å². The van der Waals surface area contributed by atoms with Gasteiger partial charge in [-0.1, -0.05) is 12.0 Å². The Bertz CT molecular complexity index is 1420. The molecule has 1 aliphatic rings. The summed E-state index contributed by atoms with van der Waals surface area (Å²) in [7, 11) is 2.41. The minimum Gasteiger partial charge on any atom is -0.452 e. The quantitative estimate of drug-likeness (QED) is 0.319. The number of tetrazole rings is 1. The van der Waals surface area contributed by atoms with Crippen molar-refractivity contribution in [1.29, 1.82) is 0 Å². The van der Waals surface area contributed by atoms with E-state index in [4.69, 9.17) is 4.74 Å². The normalized spacial score (nSPS) is 17.7. The molecule has 0 saturated carbocycles. The van der Waals surface area contributed by atoms with Gasteiger partial charge in [-0.3, -0.25) is 4.90 Å². The molecule has 0 N–H and O–H groups in total. The number of fused-ring (bicyclic) bond motifs is 1. The fourth-order valence-corrected chi connectivity index (χ4v) is 4.73. The van der Waals surface area contributed by atoms with Crippen LogP contribution in [0, 0.1) is 0 Å². The summed E-state index contributed by atoms with van der Waals surface area (Å²) in [4.78, 5) is 19.6. The molecule has 1 aromatic carbocycles. The van der Waals surface area contributed by atoms with Crippen molar-refractivity contribution < 1.29 is 49.0 Å². The number of carbonyl (C=O) groups is 1. The molecular weight excluding hydrogens is 589 g/mol. The number of amides is 1. The van der Waals surface area contributed by atoms with Crippen LogP contribution in [0.25, 0.3) is 0 Å². The van der Waals surface area contributed by atoms with E-state index in [2.05, 4.69) is 20.4 Å². The standard InChI is InChI=1S/C24H22F9N7O2/c1-4-15-10-17(19-16(40(15)21(41)42-3)5-6-18(34-19)24(31,32)33)39(20-35-37-38(2)36-20)11-12-7-13(22(25,26)27)9-14(8-12)23(28,29)30/h5-9,15,17H,4,10-11H2,1-3H3/t15-,17+/m0/s1. The van der Waals surface area contributed by atoms with Crippen LogP contribution in [0.2, 0.25) is 0 Å². The lowest BCUT2D eigenvalue weighted by Gasteiger charge is -2.42. The number of nitrogens with zero attached hydrogens (tertiary/aromatic N) is 7. The van der Waals surface area contributed by atoms with E-state index in [0.717, 1.165) is 27.8 Å². The van der Waals surface area contributed by atoms with Gasteiger partial charge in [0.15, 0.2) is 0 Å². The Balaban J connectivity index is 1.94. The highest BCUT2D eigenvalue weighted by Gasteiger charge is 2.43. The summed E-state index contributed by atoms with van der Waals surface area (Å²) < 4.78 is 127. The summed E-state index contributed by atoms with van der Waals surface area (Å²) >= 11 is 0. The molecule has 42 heavy (non-hydrogen) atoms. The highest BCUT2D eigenvalue weighted by atomic mass is 19.4. The Morgan fingerprint density at radius 3 is 2.10 bits per heavy atom. The van der Waals surface area contributed by atoms with Gasteiger partial charge in [-0.25, -0.2) is 9.78 Å². The van der Waals surface area contributed by atoms with E-state index in [1.807, 2.05) is 0 Å². The second-order valence-electron chi connectivity index (χ2n) is 9.37. The SMILES string of the molecule is CC[C@H]1C[C@@H](N(Cc2cc(C(F)(F)F)cc(C(F)(F)F)c2)c2nnn(C)n2)c2nc(C(F)(F)F)ccc2N1C(=O)OC. The molecule has 228 valence electrons. The van der Waals surface area contributed by atoms with Gasteiger partial charge >= 0.3 is 24.6 Å². The zero-order chi connectivity index (χ0) is 31.2. The van der Waals surface area contributed by atoms with Crippen molar-refractivity contribution in [3.8, 4) is 0 Å². The van der Waals surface area contributed by atoms with Gasteiger partial charge in [0.2, 0.25) is 0 Å². The predicted molar refractivity (Wildman–Crippen MR) is 127 cm³/mol. The van der Waals surface area contributed by atoms with Gasteiger partial charge in [0.1, 0.15) is 5.69 Å². The molecule has 0 bridgehead atoms. The number of rotatable bonds is 5. The number of hydrogen-bond donors (Lipinski definition) is 0. The van der Waals surface area contributed by atoms with Gasteiger partial charge in [0.25, 0.3) is 5.95 Å². The predicted octanol–water partition coefficient (Wildman–Crippen LogP) is 6.16. The largest absolute Gasteiger partial charge is 0.452 e. The molecule has 18 heteroatoms. The lowest BCUT2D eigenvalue weighted by Crippen LogP contribution is -2.48. The summed E-state index contributed by atoms with van der Waals surface area (Å²) in [6.45, 7) is 0.961. The van der Waals surface area contributed by atoms with Gasteiger partial charge in [-0.2, -0.15) is 44.3 Å². The number of anilines is 2.